The number of carbonyl (C=O) groups excluding carboxylic acids is 1. The Bertz CT molecular complexity index is 353. The van der Waals surface area contributed by atoms with Gasteiger partial charge < -0.3 is 15.5 Å². The third-order valence-corrected chi connectivity index (χ3v) is 3.51. The molecule has 0 aliphatic rings. The van der Waals surface area contributed by atoms with Gasteiger partial charge in [-0.25, -0.2) is 0 Å². The van der Waals surface area contributed by atoms with E-state index in [1.54, 1.807) is 5.38 Å². The van der Waals surface area contributed by atoms with Crippen molar-refractivity contribution in [2.75, 3.05) is 13.2 Å². The molecule has 0 spiro atoms. The molecule has 1 unspecified atom stereocenters. The van der Waals surface area contributed by atoms with Crippen molar-refractivity contribution < 1.29 is 15.0 Å². The van der Waals surface area contributed by atoms with Crippen LogP contribution >= 0.6 is 22.9 Å². The highest BCUT2D eigenvalue weighted by Crippen LogP contribution is 2.26. The van der Waals surface area contributed by atoms with Gasteiger partial charge in [-0.15, -0.1) is 11.3 Å². The summed E-state index contributed by atoms with van der Waals surface area (Å²) in [6.07, 6.45) is -0.936. The van der Waals surface area contributed by atoms with Crippen LogP contribution < -0.4 is 5.32 Å². The van der Waals surface area contributed by atoms with Crippen molar-refractivity contribution in [1.29, 1.82) is 0 Å². The number of rotatable bonds is 4. The molecule has 0 fully saturated rings. The molecule has 1 atom stereocenters. The Morgan fingerprint density at radius 1 is 1.73 bits per heavy atom. The molecule has 1 amide bonds. The molecule has 0 saturated carbocycles. The number of nitrogens with one attached hydrogen (secondary N) is 1. The summed E-state index contributed by atoms with van der Waals surface area (Å²) in [7, 11) is 0. The normalized spacial score (nSPS) is 12.5. The Morgan fingerprint density at radius 3 is 2.87 bits per heavy atom. The first kappa shape index (κ1) is 12.4. The summed E-state index contributed by atoms with van der Waals surface area (Å²) in [5, 5.41) is 22.3. The van der Waals surface area contributed by atoms with E-state index in [9.17, 15) is 4.79 Å². The lowest BCUT2D eigenvalue weighted by molar-refractivity contribution is 0.0804. The smallest absolute Gasteiger partial charge is 0.262 e. The molecule has 0 saturated heterocycles. The van der Waals surface area contributed by atoms with Crippen LogP contribution in [0.5, 0.6) is 0 Å². The average Bonchev–Trinajstić information content (AvgIpc) is 2.56. The molecule has 0 aliphatic heterocycles. The van der Waals surface area contributed by atoms with Crippen molar-refractivity contribution in [2.45, 2.75) is 13.0 Å². The second-order valence-electron chi connectivity index (χ2n) is 3.11. The molecule has 1 rings (SSSR count). The zero-order valence-corrected chi connectivity index (χ0v) is 9.73. The number of aliphatic hydroxyl groups is 2. The van der Waals surface area contributed by atoms with Crippen LogP contribution in [0.3, 0.4) is 0 Å². The molecule has 3 N–H and O–H groups in total. The van der Waals surface area contributed by atoms with E-state index >= 15 is 0 Å². The van der Waals surface area contributed by atoms with E-state index in [-0.39, 0.29) is 19.1 Å². The van der Waals surface area contributed by atoms with Gasteiger partial charge in [0, 0.05) is 6.54 Å². The third-order valence-electron chi connectivity index (χ3n) is 1.81. The lowest BCUT2D eigenvalue weighted by atomic mass is 10.3. The summed E-state index contributed by atoms with van der Waals surface area (Å²) in [6.45, 7) is 1.46. The topological polar surface area (TPSA) is 69.6 Å². The molecule has 0 radical (unpaired) electrons. The Balaban J connectivity index is 2.58. The number of hydrogen-bond acceptors (Lipinski definition) is 4. The second kappa shape index (κ2) is 5.46. The van der Waals surface area contributed by atoms with Crippen LogP contribution in [0, 0.1) is 6.92 Å². The van der Waals surface area contributed by atoms with E-state index in [1.807, 2.05) is 6.92 Å². The molecule has 4 nitrogen and oxygen atoms in total. The summed E-state index contributed by atoms with van der Waals surface area (Å²) in [4.78, 5) is 12.0. The van der Waals surface area contributed by atoms with E-state index in [4.69, 9.17) is 21.8 Å². The van der Waals surface area contributed by atoms with E-state index in [2.05, 4.69) is 5.32 Å². The number of amides is 1. The van der Waals surface area contributed by atoms with Crippen LogP contribution in [0.1, 0.15) is 15.2 Å². The summed E-state index contributed by atoms with van der Waals surface area (Å²) in [5.41, 5.74) is 0.856. The minimum Gasteiger partial charge on any atom is -0.394 e. The van der Waals surface area contributed by atoms with Gasteiger partial charge in [-0.1, -0.05) is 11.6 Å². The van der Waals surface area contributed by atoms with E-state index in [0.717, 1.165) is 5.56 Å². The first-order chi connectivity index (χ1) is 7.06. The lowest BCUT2D eigenvalue weighted by Crippen LogP contribution is -2.33. The minimum absolute atomic E-state index is 0.0165. The SMILES string of the molecule is Cc1csc(C(=O)NCC(O)CO)c1Cl. The van der Waals surface area contributed by atoms with Gasteiger partial charge in [0.05, 0.1) is 17.7 Å². The van der Waals surface area contributed by atoms with Crippen molar-refractivity contribution in [3.05, 3.63) is 20.8 Å². The average molecular weight is 250 g/mol. The van der Waals surface area contributed by atoms with Gasteiger partial charge in [0.25, 0.3) is 5.91 Å². The molecular formula is C9H12ClNO3S. The highest BCUT2D eigenvalue weighted by Gasteiger charge is 2.15. The minimum atomic E-state index is -0.936. The van der Waals surface area contributed by atoms with Crippen LogP contribution in [-0.2, 0) is 0 Å². The molecule has 6 heteroatoms. The maximum atomic E-state index is 11.5. The Morgan fingerprint density at radius 2 is 2.40 bits per heavy atom. The summed E-state index contributed by atoms with van der Waals surface area (Å²) < 4.78 is 0. The molecule has 1 heterocycles. The van der Waals surface area contributed by atoms with Crippen LogP contribution in [0.2, 0.25) is 5.02 Å². The summed E-state index contributed by atoms with van der Waals surface area (Å²) in [6, 6.07) is 0. The number of carbonyl (C=O) groups is 1. The predicted octanol–water partition coefficient (Wildman–Crippen LogP) is 0.793. The fraction of sp³-hybridized carbons (Fsp3) is 0.444. The zero-order valence-electron chi connectivity index (χ0n) is 8.16. The highest BCUT2D eigenvalue weighted by atomic mass is 35.5. The predicted molar refractivity (Wildman–Crippen MR) is 59.5 cm³/mol. The summed E-state index contributed by atoms with van der Waals surface area (Å²) in [5.74, 6) is -0.328. The molecule has 84 valence electrons. The Hall–Kier alpha value is -0.620. The van der Waals surface area contributed by atoms with E-state index in [1.165, 1.54) is 11.3 Å². The highest BCUT2D eigenvalue weighted by molar-refractivity contribution is 7.13. The molecule has 1 aromatic rings. The number of halogens is 1. The largest absolute Gasteiger partial charge is 0.394 e. The van der Waals surface area contributed by atoms with Gasteiger partial charge in [0.1, 0.15) is 4.88 Å². The Labute approximate surface area is 96.5 Å². The molecule has 0 bridgehead atoms. The quantitative estimate of drug-likeness (QED) is 0.739. The molecular weight excluding hydrogens is 238 g/mol. The van der Waals surface area contributed by atoms with Crippen LogP contribution in [-0.4, -0.2) is 35.4 Å². The zero-order chi connectivity index (χ0) is 11.4. The maximum absolute atomic E-state index is 11.5. The number of aryl methyl sites for hydroxylation is 1. The van der Waals surface area contributed by atoms with E-state index in [0.29, 0.717) is 9.90 Å². The fourth-order valence-corrected chi connectivity index (χ4v) is 2.13. The number of hydrogen-bond donors (Lipinski definition) is 3. The summed E-state index contributed by atoms with van der Waals surface area (Å²) >= 11 is 7.15. The van der Waals surface area contributed by atoms with Gasteiger partial charge in [-0.3, -0.25) is 4.79 Å². The van der Waals surface area contributed by atoms with Gasteiger partial charge in [-0.05, 0) is 17.9 Å². The standard InChI is InChI=1S/C9H12ClNO3S/c1-5-4-15-8(7(5)10)9(14)11-2-6(13)3-12/h4,6,12-13H,2-3H2,1H3,(H,11,14). The van der Waals surface area contributed by atoms with E-state index < -0.39 is 6.10 Å². The molecule has 15 heavy (non-hydrogen) atoms. The first-order valence-electron chi connectivity index (χ1n) is 4.37. The van der Waals surface area contributed by atoms with Crippen LogP contribution in [0.15, 0.2) is 5.38 Å². The van der Waals surface area contributed by atoms with Gasteiger partial charge >= 0.3 is 0 Å². The monoisotopic (exact) mass is 249 g/mol. The van der Waals surface area contributed by atoms with Gasteiger partial charge in [0.15, 0.2) is 0 Å². The number of aliphatic hydroxyl groups excluding tert-OH is 2. The first-order valence-corrected chi connectivity index (χ1v) is 5.62. The molecule has 0 aliphatic carbocycles. The Kier molecular flexibility index (Phi) is 4.53. The van der Waals surface area contributed by atoms with Gasteiger partial charge in [0.2, 0.25) is 0 Å². The van der Waals surface area contributed by atoms with Gasteiger partial charge in [-0.2, -0.15) is 0 Å². The van der Waals surface area contributed by atoms with Crippen LogP contribution in [0.4, 0.5) is 0 Å². The van der Waals surface area contributed by atoms with Crippen molar-refractivity contribution in [1.82, 2.24) is 5.32 Å². The molecule has 0 aromatic carbocycles. The second-order valence-corrected chi connectivity index (χ2v) is 4.37. The molecule has 1 aromatic heterocycles. The number of thiophene rings is 1. The van der Waals surface area contributed by atoms with Crippen molar-refractivity contribution in [2.24, 2.45) is 0 Å². The van der Waals surface area contributed by atoms with Crippen LogP contribution in [0.25, 0.3) is 0 Å². The van der Waals surface area contributed by atoms with Crippen molar-refractivity contribution in [3.63, 3.8) is 0 Å². The van der Waals surface area contributed by atoms with Crippen molar-refractivity contribution >= 4 is 28.8 Å². The lowest BCUT2D eigenvalue weighted by Gasteiger charge is -2.08. The fourth-order valence-electron chi connectivity index (χ4n) is 0.938. The van der Waals surface area contributed by atoms with Crippen molar-refractivity contribution in [3.8, 4) is 0 Å². The maximum Gasteiger partial charge on any atom is 0.262 e. The third kappa shape index (κ3) is 3.17.